The van der Waals surface area contributed by atoms with Crippen molar-refractivity contribution in [1.82, 2.24) is 14.5 Å². The maximum Gasteiger partial charge on any atom is 0.224 e. The van der Waals surface area contributed by atoms with E-state index in [0.717, 1.165) is 25.7 Å². The normalized spacial score (nSPS) is 20.4. The van der Waals surface area contributed by atoms with Crippen molar-refractivity contribution in [3.05, 3.63) is 47.8 Å². The van der Waals surface area contributed by atoms with Crippen LogP contribution in [0.3, 0.4) is 0 Å². The predicted octanol–water partition coefficient (Wildman–Crippen LogP) is 3.85. The van der Waals surface area contributed by atoms with Gasteiger partial charge in [0.15, 0.2) is 0 Å². The quantitative estimate of drug-likeness (QED) is 0.562. The van der Waals surface area contributed by atoms with Gasteiger partial charge in [0.25, 0.3) is 0 Å². The van der Waals surface area contributed by atoms with Gasteiger partial charge in [-0.3, -0.25) is 0 Å². The number of para-hydroxylation sites is 1. The zero-order valence-corrected chi connectivity index (χ0v) is 18.4. The van der Waals surface area contributed by atoms with Gasteiger partial charge in [-0.15, -0.1) is 0 Å². The van der Waals surface area contributed by atoms with Crippen molar-refractivity contribution >= 4 is 22.7 Å². The molecule has 1 aromatic carbocycles. The molecule has 0 aliphatic heterocycles. The molecular weight excluding hydrogens is 388 g/mol. The van der Waals surface area contributed by atoms with Crippen molar-refractivity contribution in [3.8, 4) is 6.07 Å². The van der Waals surface area contributed by atoms with Crippen LogP contribution in [0.25, 0.3) is 10.9 Å². The molecule has 3 N–H and O–H groups in total. The molecule has 31 heavy (non-hydrogen) atoms. The minimum Gasteiger partial charge on any atom is -0.393 e. The monoisotopic (exact) mass is 418 g/mol. The number of nitrogens with zero attached hydrogens (tertiary/aromatic N) is 4. The Balaban J connectivity index is 1.43. The molecule has 1 saturated carbocycles. The van der Waals surface area contributed by atoms with E-state index < -0.39 is 0 Å². The number of aromatic nitrogens is 3. The van der Waals surface area contributed by atoms with Crippen LogP contribution in [0.2, 0.25) is 0 Å². The van der Waals surface area contributed by atoms with E-state index in [-0.39, 0.29) is 17.6 Å². The molecule has 0 spiro atoms. The fraction of sp³-hybridized carbons (Fsp3) is 0.458. The van der Waals surface area contributed by atoms with E-state index in [1.807, 2.05) is 0 Å². The van der Waals surface area contributed by atoms with Gasteiger partial charge >= 0.3 is 0 Å². The fourth-order valence-corrected chi connectivity index (χ4v) is 4.53. The summed E-state index contributed by atoms with van der Waals surface area (Å²) in [4.78, 5) is 8.89. The Morgan fingerprint density at radius 3 is 2.87 bits per heavy atom. The summed E-state index contributed by atoms with van der Waals surface area (Å²) in [6.07, 6.45) is 6.71. The van der Waals surface area contributed by atoms with Crippen LogP contribution in [0.4, 0.5) is 11.8 Å². The number of anilines is 2. The molecule has 1 fully saturated rings. The molecule has 1 aliphatic carbocycles. The Hall–Kier alpha value is -3.11. The zero-order valence-electron chi connectivity index (χ0n) is 18.4. The molecule has 7 heteroatoms. The standard InChI is InChI=1S/C24H30N6O/c1-24(2)12-18(8-9-21(24)31)28-22-17(13-25)14-27-23(29-22)26-11-10-16-15-30(3)20-7-5-4-6-19(16)20/h4-7,14-15,18,21,31H,8-12H2,1-3H3,(H2,26,27,28,29)/t18-,21+/m1/s1. The second kappa shape index (κ2) is 8.56. The van der Waals surface area contributed by atoms with E-state index in [1.165, 1.54) is 16.5 Å². The molecule has 2 atom stereocenters. The lowest BCUT2D eigenvalue weighted by molar-refractivity contribution is 0.00926. The molecule has 0 unspecified atom stereocenters. The number of aliphatic hydroxyl groups is 1. The van der Waals surface area contributed by atoms with Gasteiger partial charge in [0.2, 0.25) is 5.95 Å². The zero-order chi connectivity index (χ0) is 22.0. The van der Waals surface area contributed by atoms with Crippen LogP contribution in [0.1, 0.15) is 44.2 Å². The maximum absolute atomic E-state index is 10.2. The van der Waals surface area contributed by atoms with Crippen LogP contribution in [-0.4, -0.2) is 38.3 Å². The van der Waals surface area contributed by atoms with Crippen molar-refractivity contribution < 1.29 is 5.11 Å². The number of rotatable bonds is 6. The van der Waals surface area contributed by atoms with Crippen LogP contribution >= 0.6 is 0 Å². The Morgan fingerprint density at radius 2 is 2.10 bits per heavy atom. The lowest BCUT2D eigenvalue weighted by Crippen LogP contribution is -2.41. The second-order valence-electron chi connectivity index (χ2n) is 9.15. The van der Waals surface area contributed by atoms with Gasteiger partial charge in [-0.2, -0.15) is 10.2 Å². The molecule has 4 rings (SSSR count). The lowest BCUT2D eigenvalue weighted by atomic mass is 9.73. The van der Waals surface area contributed by atoms with Gasteiger partial charge in [0.1, 0.15) is 17.5 Å². The first kappa shape index (κ1) is 21.1. The van der Waals surface area contributed by atoms with E-state index in [9.17, 15) is 10.4 Å². The van der Waals surface area contributed by atoms with E-state index in [2.05, 4.69) is 82.6 Å². The fourth-order valence-electron chi connectivity index (χ4n) is 4.53. The minimum atomic E-state index is -0.294. The van der Waals surface area contributed by atoms with Crippen molar-refractivity contribution in [2.45, 2.75) is 51.7 Å². The molecule has 0 saturated heterocycles. The van der Waals surface area contributed by atoms with Gasteiger partial charge in [-0.25, -0.2) is 4.98 Å². The van der Waals surface area contributed by atoms with Gasteiger partial charge in [-0.1, -0.05) is 32.0 Å². The second-order valence-corrected chi connectivity index (χ2v) is 9.15. The van der Waals surface area contributed by atoms with Crippen molar-refractivity contribution in [2.24, 2.45) is 12.5 Å². The Kier molecular flexibility index (Phi) is 5.84. The molecule has 2 aromatic heterocycles. The average Bonchev–Trinajstić information content (AvgIpc) is 3.07. The molecule has 0 bridgehead atoms. The topological polar surface area (TPSA) is 98.8 Å². The number of hydrogen-bond donors (Lipinski definition) is 3. The summed E-state index contributed by atoms with van der Waals surface area (Å²) in [5.41, 5.74) is 2.78. The first-order chi connectivity index (χ1) is 14.9. The number of benzene rings is 1. The van der Waals surface area contributed by atoms with E-state index in [1.54, 1.807) is 6.20 Å². The smallest absolute Gasteiger partial charge is 0.224 e. The molecule has 0 radical (unpaired) electrons. The Bertz CT molecular complexity index is 1110. The van der Waals surface area contributed by atoms with Crippen molar-refractivity contribution in [3.63, 3.8) is 0 Å². The number of fused-ring (bicyclic) bond motifs is 1. The van der Waals surface area contributed by atoms with Gasteiger partial charge < -0.3 is 20.3 Å². The maximum atomic E-state index is 10.2. The first-order valence-corrected chi connectivity index (χ1v) is 10.9. The number of hydrogen-bond acceptors (Lipinski definition) is 6. The first-order valence-electron chi connectivity index (χ1n) is 10.9. The Morgan fingerprint density at radius 1 is 1.29 bits per heavy atom. The highest BCUT2D eigenvalue weighted by atomic mass is 16.3. The highest BCUT2D eigenvalue weighted by molar-refractivity contribution is 5.83. The summed E-state index contributed by atoms with van der Waals surface area (Å²) in [5.74, 6) is 1.07. The highest BCUT2D eigenvalue weighted by Crippen LogP contribution is 2.37. The third-order valence-electron chi connectivity index (χ3n) is 6.37. The highest BCUT2D eigenvalue weighted by Gasteiger charge is 2.35. The summed E-state index contributed by atoms with van der Waals surface area (Å²) in [7, 11) is 2.06. The van der Waals surface area contributed by atoms with Crippen LogP contribution in [0, 0.1) is 16.7 Å². The lowest BCUT2D eigenvalue weighted by Gasteiger charge is -2.40. The van der Waals surface area contributed by atoms with Crippen LogP contribution in [0.15, 0.2) is 36.7 Å². The molecule has 0 amide bonds. The minimum absolute atomic E-state index is 0.157. The molecule has 162 valence electrons. The SMILES string of the molecule is Cn1cc(CCNc2ncc(C#N)c(N[C@@H]3CC[C@H](O)C(C)(C)C3)n2)c2ccccc21. The summed E-state index contributed by atoms with van der Waals surface area (Å²) >= 11 is 0. The molecule has 7 nitrogen and oxygen atoms in total. The largest absolute Gasteiger partial charge is 0.393 e. The van der Waals surface area contributed by atoms with Crippen LogP contribution in [0.5, 0.6) is 0 Å². The van der Waals surface area contributed by atoms with Gasteiger partial charge in [0, 0.05) is 36.7 Å². The third-order valence-corrected chi connectivity index (χ3v) is 6.37. The summed E-state index contributed by atoms with van der Waals surface area (Å²) in [6.45, 7) is 4.86. The Labute approximate surface area is 183 Å². The predicted molar refractivity (Wildman–Crippen MR) is 123 cm³/mol. The van der Waals surface area contributed by atoms with E-state index in [0.29, 0.717) is 23.9 Å². The molecule has 3 aromatic rings. The van der Waals surface area contributed by atoms with Crippen molar-refractivity contribution in [1.29, 1.82) is 5.26 Å². The van der Waals surface area contributed by atoms with E-state index in [4.69, 9.17) is 0 Å². The summed E-state index contributed by atoms with van der Waals surface area (Å²) in [6, 6.07) is 10.7. The van der Waals surface area contributed by atoms with E-state index >= 15 is 0 Å². The third kappa shape index (κ3) is 4.49. The summed E-state index contributed by atoms with van der Waals surface area (Å²) in [5, 5.41) is 27.7. The number of nitriles is 1. The van der Waals surface area contributed by atoms with Crippen molar-refractivity contribution in [2.75, 3.05) is 17.2 Å². The summed E-state index contributed by atoms with van der Waals surface area (Å²) < 4.78 is 2.15. The molecule has 1 aliphatic rings. The number of nitrogens with one attached hydrogen (secondary N) is 2. The van der Waals surface area contributed by atoms with Crippen LogP contribution < -0.4 is 10.6 Å². The number of aryl methyl sites for hydroxylation is 1. The number of aliphatic hydroxyl groups excluding tert-OH is 1. The van der Waals surface area contributed by atoms with Gasteiger partial charge in [0.05, 0.1) is 12.3 Å². The van der Waals surface area contributed by atoms with Gasteiger partial charge in [-0.05, 0) is 42.7 Å². The molecular formula is C24H30N6O. The molecule has 2 heterocycles. The van der Waals surface area contributed by atoms with Crippen LogP contribution in [-0.2, 0) is 13.5 Å². The average molecular weight is 419 g/mol.